The lowest BCUT2D eigenvalue weighted by molar-refractivity contribution is -0.135. The number of carbonyl (C=O) groups excluding carboxylic acids is 2. The molecule has 2 aliphatic heterocycles. The predicted octanol–water partition coefficient (Wildman–Crippen LogP) is 5.00. The molecule has 0 saturated carbocycles. The van der Waals surface area contributed by atoms with Gasteiger partial charge in [0.15, 0.2) is 5.60 Å². The molecule has 2 N–H and O–H groups in total. The summed E-state index contributed by atoms with van der Waals surface area (Å²) in [7, 11) is 0. The Balaban J connectivity index is 1.37. The number of carbonyl (C=O) groups is 2. The van der Waals surface area contributed by atoms with E-state index in [-0.39, 0.29) is 45.4 Å². The minimum Gasteiger partial charge on any atom is -0.476 e. The number of ether oxygens (including phenoxy) is 1. The molecule has 2 fully saturated rings. The molecule has 2 atom stereocenters. The third kappa shape index (κ3) is 6.23. The van der Waals surface area contributed by atoms with Crippen LogP contribution in [0.2, 0.25) is 10.0 Å². The highest BCUT2D eigenvalue weighted by molar-refractivity contribution is 6.35. The van der Waals surface area contributed by atoms with Crippen molar-refractivity contribution in [3.63, 3.8) is 0 Å². The summed E-state index contributed by atoms with van der Waals surface area (Å²) in [6, 6.07) is 5.75. The third-order valence-electron chi connectivity index (χ3n) is 6.65. The van der Waals surface area contributed by atoms with Crippen LogP contribution in [0, 0.1) is 5.82 Å². The van der Waals surface area contributed by atoms with Gasteiger partial charge in [-0.05, 0) is 57.7 Å². The first-order chi connectivity index (χ1) is 17.4. The van der Waals surface area contributed by atoms with Gasteiger partial charge < -0.3 is 20.3 Å². The first-order valence-electron chi connectivity index (χ1n) is 11.9. The van der Waals surface area contributed by atoms with E-state index in [0.29, 0.717) is 18.7 Å². The van der Waals surface area contributed by atoms with Crippen molar-refractivity contribution in [3.05, 3.63) is 51.9 Å². The number of piperidine rings is 1. The number of hydrogen-bond donors (Lipinski definition) is 2. The van der Waals surface area contributed by atoms with E-state index in [2.05, 4.69) is 20.5 Å². The van der Waals surface area contributed by atoms with Crippen LogP contribution in [0.4, 0.5) is 19.0 Å². The Hall–Kier alpha value is -2.72. The molecule has 0 aliphatic carbocycles. The number of nitrogens with zero attached hydrogens (tertiary/aromatic N) is 2. The zero-order chi connectivity index (χ0) is 26.9. The van der Waals surface area contributed by atoms with Crippen LogP contribution in [-0.4, -0.2) is 53.5 Å². The average molecular weight is 559 g/mol. The van der Waals surface area contributed by atoms with Gasteiger partial charge in [0.25, 0.3) is 18.2 Å². The lowest BCUT2D eigenvalue weighted by Gasteiger charge is -2.40. The van der Waals surface area contributed by atoms with E-state index in [9.17, 15) is 22.8 Å². The minimum absolute atomic E-state index is 0.0241. The fourth-order valence-electron chi connectivity index (χ4n) is 4.88. The molecule has 1 aromatic heterocycles. The normalized spacial score (nSPS) is 21.2. The largest absolute Gasteiger partial charge is 0.476 e. The molecule has 0 radical (unpaired) electrons. The second-order valence-electron chi connectivity index (χ2n) is 9.75. The first kappa shape index (κ1) is 27.3. The maximum absolute atomic E-state index is 13.9. The fraction of sp³-hybridized carbons (Fsp3) is 0.480. The number of fused-ring (bicyclic) bond motifs is 2. The summed E-state index contributed by atoms with van der Waals surface area (Å²) in [5.74, 6) is -0.927. The number of alkyl halides is 2. The number of amides is 2. The maximum atomic E-state index is 13.9. The second kappa shape index (κ2) is 10.9. The van der Waals surface area contributed by atoms with Crippen LogP contribution in [0.15, 0.2) is 30.5 Å². The standard InChI is InChI=1S/C25H27Cl2F3N4O3/c1-25(2,37-20-10-19(28)17(26)9-18(20)27)24(36)33-14-7-15-4-5-16(8-14)34(15)22-6-3-13(11-31-22)23(35)32-12-21(29)30/h3,6,9-11,14-16,21H,4-5,7-8,12H2,1-2H3,(H,32,35)(H,33,36). The summed E-state index contributed by atoms with van der Waals surface area (Å²) >= 11 is 11.8. The number of aromatic nitrogens is 1. The van der Waals surface area contributed by atoms with Gasteiger partial charge in [0.1, 0.15) is 17.4 Å². The number of nitrogens with one attached hydrogen (secondary N) is 2. The van der Waals surface area contributed by atoms with Crippen LogP contribution in [0.25, 0.3) is 0 Å². The van der Waals surface area contributed by atoms with Gasteiger partial charge in [-0.3, -0.25) is 9.59 Å². The topological polar surface area (TPSA) is 83.6 Å². The molecule has 2 saturated heterocycles. The number of pyridine rings is 1. The molecule has 2 aromatic rings. The molecule has 2 aliphatic rings. The quantitative estimate of drug-likeness (QED) is 0.445. The van der Waals surface area contributed by atoms with E-state index >= 15 is 0 Å². The SMILES string of the molecule is CC(C)(Oc1cc(F)c(Cl)cc1Cl)C(=O)NC1CC2CCC(C1)N2c1ccc(C(=O)NCC(F)F)cn1. The summed E-state index contributed by atoms with van der Waals surface area (Å²) in [5, 5.41) is 5.18. The number of benzene rings is 1. The van der Waals surface area contributed by atoms with E-state index in [1.807, 2.05) is 0 Å². The van der Waals surface area contributed by atoms with E-state index < -0.39 is 30.3 Å². The van der Waals surface area contributed by atoms with Crippen molar-refractivity contribution in [2.75, 3.05) is 11.4 Å². The Morgan fingerprint density at radius 3 is 2.43 bits per heavy atom. The van der Waals surface area contributed by atoms with Crippen LogP contribution in [-0.2, 0) is 4.79 Å². The van der Waals surface area contributed by atoms with Gasteiger partial charge in [0.2, 0.25) is 0 Å². The molecule has 3 heterocycles. The Morgan fingerprint density at radius 1 is 1.16 bits per heavy atom. The number of rotatable bonds is 8. The molecule has 12 heteroatoms. The van der Waals surface area contributed by atoms with Gasteiger partial charge in [-0.1, -0.05) is 23.2 Å². The fourth-order valence-corrected chi connectivity index (χ4v) is 5.30. The second-order valence-corrected chi connectivity index (χ2v) is 10.6. The van der Waals surface area contributed by atoms with Crippen molar-refractivity contribution in [1.29, 1.82) is 0 Å². The van der Waals surface area contributed by atoms with Gasteiger partial charge >= 0.3 is 0 Å². The van der Waals surface area contributed by atoms with Gasteiger partial charge in [0, 0.05) is 30.4 Å². The van der Waals surface area contributed by atoms with Crippen molar-refractivity contribution >= 4 is 40.8 Å². The van der Waals surface area contributed by atoms with Crippen LogP contribution in [0.5, 0.6) is 5.75 Å². The molecule has 0 spiro atoms. The first-order valence-corrected chi connectivity index (χ1v) is 12.7. The Kier molecular flexibility index (Phi) is 8.08. The molecule has 200 valence electrons. The van der Waals surface area contributed by atoms with E-state index in [1.165, 1.54) is 12.3 Å². The van der Waals surface area contributed by atoms with Crippen molar-refractivity contribution < 1.29 is 27.5 Å². The lowest BCUT2D eigenvalue weighted by Crippen LogP contribution is -2.55. The highest BCUT2D eigenvalue weighted by Crippen LogP contribution is 2.39. The monoisotopic (exact) mass is 558 g/mol. The molecule has 2 unspecified atom stereocenters. The highest BCUT2D eigenvalue weighted by Gasteiger charge is 2.43. The Morgan fingerprint density at radius 2 is 1.84 bits per heavy atom. The van der Waals surface area contributed by atoms with E-state index in [0.717, 1.165) is 18.9 Å². The van der Waals surface area contributed by atoms with E-state index in [1.54, 1.807) is 26.0 Å². The summed E-state index contributed by atoms with van der Waals surface area (Å²) in [6.45, 7) is 2.45. The molecule has 37 heavy (non-hydrogen) atoms. The van der Waals surface area contributed by atoms with Crippen LogP contribution < -0.4 is 20.3 Å². The zero-order valence-corrected chi connectivity index (χ0v) is 21.8. The third-order valence-corrected chi connectivity index (χ3v) is 7.23. The average Bonchev–Trinajstić information content (AvgIpc) is 3.10. The van der Waals surface area contributed by atoms with Gasteiger partial charge in [-0.2, -0.15) is 0 Å². The van der Waals surface area contributed by atoms with Gasteiger partial charge in [-0.15, -0.1) is 0 Å². The zero-order valence-electron chi connectivity index (χ0n) is 20.2. The van der Waals surface area contributed by atoms with Crippen molar-refractivity contribution in [3.8, 4) is 5.75 Å². The molecule has 1 aromatic carbocycles. The minimum atomic E-state index is -2.62. The molecular formula is C25H27Cl2F3N4O3. The molecule has 7 nitrogen and oxygen atoms in total. The molecule has 2 amide bonds. The number of anilines is 1. The summed E-state index contributed by atoms with van der Waals surface area (Å²) < 4.78 is 44.3. The lowest BCUT2D eigenvalue weighted by atomic mass is 9.96. The van der Waals surface area contributed by atoms with Crippen molar-refractivity contribution in [1.82, 2.24) is 15.6 Å². The van der Waals surface area contributed by atoms with Crippen LogP contribution >= 0.6 is 23.2 Å². The van der Waals surface area contributed by atoms with Crippen LogP contribution in [0.3, 0.4) is 0 Å². The maximum Gasteiger partial charge on any atom is 0.263 e. The summed E-state index contributed by atoms with van der Waals surface area (Å²) in [6.07, 6.45) is 1.99. The predicted molar refractivity (Wildman–Crippen MR) is 134 cm³/mol. The highest BCUT2D eigenvalue weighted by atomic mass is 35.5. The van der Waals surface area contributed by atoms with Crippen molar-refractivity contribution in [2.45, 2.75) is 69.7 Å². The van der Waals surface area contributed by atoms with Gasteiger partial charge in [0.05, 0.1) is 22.2 Å². The number of hydrogen-bond acceptors (Lipinski definition) is 5. The number of halogens is 5. The van der Waals surface area contributed by atoms with Gasteiger partial charge in [-0.25, -0.2) is 18.2 Å². The Labute approximate surface area is 222 Å². The van der Waals surface area contributed by atoms with Crippen molar-refractivity contribution in [2.24, 2.45) is 0 Å². The van der Waals surface area contributed by atoms with E-state index in [4.69, 9.17) is 27.9 Å². The Bertz CT molecular complexity index is 1150. The van der Waals surface area contributed by atoms with Crippen LogP contribution in [0.1, 0.15) is 49.9 Å². The molecule has 4 rings (SSSR count). The molecule has 2 bridgehead atoms. The molecular weight excluding hydrogens is 532 g/mol. The summed E-state index contributed by atoms with van der Waals surface area (Å²) in [4.78, 5) is 31.7. The smallest absolute Gasteiger partial charge is 0.263 e. The summed E-state index contributed by atoms with van der Waals surface area (Å²) in [5.41, 5.74) is -1.11.